The smallest absolute Gasteiger partial charge is 0.251 e. The van der Waals surface area contributed by atoms with Crippen LogP contribution in [0.5, 0.6) is 0 Å². The second-order valence-corrected chi connectivity index (χ2v) is 3.34. The van der Waals surface area contributed by atoms with Crippen LogP contribution in [0, 0.1) is 0 Å². The number of hydrogen-bond acceptors (Lipinski definition) is 2. The minimum absolute atomic E-state index is 0.00694. The zero-order valence-corrected chi connectivity index (χ0v) is 9.34. The van der Waals surface area contributed by atoms with Gasteiger partial charge in [-0.3, -0.25) is 4.79 Å². The summed E-state index contributed by atoms with van der Waals surface area (Å²) in [6.07, 6.45) is 0. The molecule has 0 unspecified atom stereocenters. The third-order valence-electron chi connectivity index (χ3n) is 2.13. The summed E-state index contributed by atoms with van der Waals surface area (Å²) in [6, 6.07) is 7.68. The molecule has 0 fully saturated rings. The molecule has 1 rings (SSSR count). The number of nitrogens with one attached hydrogen (secondary N) is 2. The van der Waals surface area contributed by atoms with Crippen molar-refractivity contribution in [2.75, 3.05) is 13.1 Å². The number of rotatable bonds is 5. The maximum absolute atomic E-state index is 11.4. The highest BCUT2D eigenvalue weighted by atomic mass is 16.1. The first kappa shape index (κ1) is 11.7. The molecular formula is C12H18N2O. The maximum Gasteiger partial charge on any atom is 0.251 e. The summed E-state index contributed by atoms with van der Waals surface area (Å²) in [4.78, 5) is 11.4. The number of carbonyl (C=O) groups is 1. The van der Waals surface area contributed by atoms with Crippen molar-refractivity contribution >= 4 is 5.91 Å². The summed E-state index contributed by atoms with van der Waals surface area (Å²) in [5, 5.41) is 6.01. The fourth-order valence-corrected chi connectivity index (χ4v) is 1.31. The molecule has 3 nitrogen and oxygen atoms in total. The van der Waals surface area contributed by atoms with Crippen LogP contribution in [-0.4, -0.2) is 19.0 Å². The van der Waals surface area contributed by atoms with Crippen LogP contribution < -0.4 is 10.6 Å². The van der Waals surface area contributed by atoms with Crippen LogP contribution in [0.15, 0.2) is 24.3 Å². The van der Waals surface area contributed by atoms with Crippen LogP contribution in [0.4, 0.5) is 0 Å². The van der Waals surface area contributed by atoms with Crippen molar-refractivity contribution in [3.63, 3.8) is 0 Å². The average Bonchev–Trinajstić information content (AvgIpc) is 2.27. The monoisotopic (exact) mass is 206 g/mol. The van der Waals surface area contributed by atoms with Crippen LogP contribution >= 0.6 is 0 Å². The van der Waals surface area contributed by atoms with Gasteiger partial charge in [0.05, 0.1) is 0 Å². The molecule has 15 heavy (non-hydrogen) atoms. The summed E-state index contributed by atoms with van der Waals surface area (Å²) in [5.74, 6) is -0.00694. The molecule has 0 radical (unpaired) electrons. The number of hydrogen-bond donors (Lipinski definition) is 2. The third-order valence-corrected chi connectivity index (χ3v) is 2.13. The molecule has 0 atom stereocenters. The van der Waals surface area contributed by atoms with Gasteiger partial charge in [-0.1, -0.05) is 19.1 Å². The van der Waals surface area contributed by atoms with Gasteiger partial charge in [0.15, 0.2) is 0 Å². The van der Waals surface area contributed by atoms with Crippen molar-refractivity contribution < 1.29 is 4.79 Å². The molecule has 0 bridgehead atoms. The lowest BCUT2D eigenvalue weighted by atomic mass is 10.1. The molecule has 0 aliphatic rings. The van der Waals surface area contributed by atoms with Crippen LogP contribution in [0.3, 0.4) is 0 Å². The zero-order valence-electron chi connectivity index (χ0n) is 9.34. The normalized spacial score (nSPS) is 10.0. The Kier molecular flexibility index (Phi) is 4.84. The topological polar surface area (TPSA) is 41.1 Å². The van der Waals surface area contributed by atoms with E-state index in [1.807, 2.05) is 31.2 Å². The van der Waals surface area contributed by atoms with E-state index in [1.54, 1.807) is 0 Å². The molecule has 0 saturated carbocycles. The zero-order chi connectivity index (χ0) is 11.1. The van der Waals surface area contributed by atoms with Gasteiger partial charge >= 0.3 is 0 Å². The SMILES string of the molecule is CCNCc1ccc(C(=O)NCC)cc1. The highest BCUT2D eigenvalue weighted by molar-refractivity contribution is 5.94. The predicted molar refractivity (Wildman–Crippen MR) is 61.8 cm³/mol. The Balaban J connectivity index is 2.59. The Labute approximate surface area is 90.9 Å². The lowest BCUT2D eigenvalue weighted by molar-refractivity contribution is 0.0956. The van der Waals surface area contributed by atoms with E-state index in [4.69, 9.17) is 0 Å². The lowest BCUT2D eigenvalue weighted by Crippen LogP contribution is -2.22. The summed E-state index contributed by atoms with van der Waals surface area (Å²) in [6.45, 7) is 6.46. The highest BCUT2D eigenvalue weighted by Crippen LogP contribution is 2.04. The largest absolute Gasteiger partial charge is 0.352 e. The third kappa shape index (κ3) is 3.72. The summed E-state index contributed by atoms with van der Waals surface area (Å²) >= 11 is 0. The van der Waals surface area contributed by atoms with E-state index in [0.717, 1.165) is 18.7 Å². The van der Waals surface area contributed by atoms with Gasteiger partial charge in [0.1, 0.15) is 0 Å². The van der Waals surface area contributed by atoms with E-state index < -0.39 is 0 Å². The highest BCUT2D eigenvalue weighted by Gasteiger charge is 2.02. The summed E-state index contributed by atoms with van der Waals surface area (Å²) < 4.78 is 0. The number of benzene rings is 1. The van der Waals surface area contributed by atoms with E-state index in [2.05, 4.69) is 17.6 Å². The van der Waals surface area contributed by atoms with E-state index >= 15 is 0 Å². The first-order valence-electron chi connectivity index (χ1n) is 5.35. The van der Waals surface area contributed by atoms with Crippen LogP contribution in [0.2, 0.25) is 0 Å². The van der Waals surface area contributed by atoms with E-state index in [0.29, 0.717) is 6.54 Å². The van der Waals surface area contributed by atoms with Crippen LogP contribution in [-0.2, 0) is 6.54 Å². The van der Waals surface area contributed by atoms with Crippen molar-refractivity contribution in [1.82, 2.24) is 10.6 Å². The predicted octanol–water partition coefficient (Wildman–Crippen LogP) is 1.55. The van der Waals surface area contributed by atoms with Gasteiger partial charge in [0.25, 0.3) is 5.91 Å². The molecule has 0 spiro atoms. The Hall–Kier alpha value is -1.35. The van der Waals surface area contributed by atoms with E-state index in [1.165, 1.54) is 5.56 Å². The first-order valence-corrected chi connectivity index (χ1v) is 5.35. The van der Waals surface area contributed by atoms with Gasteiger partial charge in [-0.25, -0.2) is 0 Å². The molecule has 3 heteroatoms. The molecule has 0 aromatic heterocycles. The molecule has 1 amide bonds. The number of amides is 1. The van der Waals surface area contributed by atoms with Gasteiger partial charge < -0.3 is 10.6 Å². The molecular weight excluding hydrogens is 188 g/mol. The molecule has 2 N–H and O–H groups in total. The molecule has 0 heterocycles. The van der Waals surface area contributed by atoms with E-state index in [-0.39, 0.29) is 5.91 Å². The second-order valence-electron chi connectivity index (χ2n) is 3.34. The fourth-order valence-electron chi connectivity index (χ4n) is 1.31. The molecule has 1 aromatic carbocycles. The standard InChI is InChI=1S/C12H18N2O/c1-3-13-9-10-5-7-11(8-6-10)12(15)14-4-2/h5-8,13H,3-4,9H2,1-2H3,(H,14,15). The van der Waals surface area contributed by atoms with Gasteiger partial charge in [0.2, 0.25) is 0 Å². The first-order chi connectivity index (χ1) is 7.27. The van der Waals surface area contributed by atoms with Gasteiger partial charge in [-0.05, 0) is 31.2 Å². The minimum atomic E-state index is -0.00694. The van der Waals surface area contributed by atoms with Crippen LogP contribution in [0.25, 0.3) is 0 Å². The van der Waals surface area contributed by atoms with Crippen molar-refractivity contribution in [3.05, 3.63) is 35.4 Å². The van der Waals surface area contributed by atoms with E-state index in [9.17, 15) is 4.79 Å². The Morgan fingerprint density at radius 2 is 1.80 bits per heavy atom. The van der Waals surface area contributed by atoms with Gasteiger partial charge in [0, 0.05) is 18.7 Å². The quantitative estimate of drug-likeness (QED) is 0.767. The van der Waals surface area contributed by atoms with Gasteiger partial charge in [-0.2, -0.15) is 0 Å². The van der Waals surface area contributed by atoms with Crippen LogP contribution in [0.1, 0.15) is 29.8 Å². The van der Waals surface area contributed by atoms with Gasteiger partial charge in [-0.15, -0.1) is 0 Å². The number of carbonyl (C=O) groups excluding carboxylic acids is 1. The lowest BCUT2D eigenvalue weighted by Gasteiger charge is -2.04. The Morgan fingerprint density at radius 1 is 1.13 bits per heavy atom. The summed E-state index contributed by atoms with van der Waals surface area (Å²) in [5.41, 5.74) is 1.92. The van der Waals surface area contributed by atoms with Crippen molar-refractivity contribution in [3.8, 4) is 0 Å². The van der Waals surface area contributed by atoms with Crippen molar-refractivity contribution in [1.29, 1.82) is 0 Å². The van der Waals surface area contributed by atoms with Crippen molar-refractivity contribution in [2.24, 2.45) is 0 Å². The average molecular weight is 206 g/mol. The summed E-state index contributed by atoms with van der Waals surface area (Å²) in [7, 11) is 0. The maximum atomic E-state index is 11.4. The molecule has 1 aromatic rings. The molecule has 0 aliphatic carbocycles. The second kappa shape index (κ2) is 6.19. The molecule has 82 valence electrons. The molecule has 0 aliphatic heterocycles. The van der Waals surface area contributed by atoms with Crippen molar-refractivity contribution in [2.45, 2.75) is 20.4 Å². The fraction of sp³-hybridized carbons (Fsp3) is 0.417. The Morgan fingerprint density at radius 3 is 2.33 bits per heavy atom. The minimum Gasteiger partial charge on any atom is -0.352 e. The Bertz CT molecular complexity index is 306. The molecule has 0 saturated heterocycles.